The number of amides is 1. The van der Waals surface area contributed by atoms with E-state index in [1.807, 2.05) is 45.2 Å². The summed E-state index contributed by atoms with van der Waals surface area (Å²) in [5.74, 6) is 0.287. The first-order valence-electron chi connectivity index (χ1n) is 6.25. The highest BCUT2D eigenvalue weighted by atomic mass is 32.2. The van der Waals surface area contributed by atoms with E-state index < -0.39 is 0 Å². The van der Waals surface area contributed by atoms with Crippen LogP contribution in [0, 0.1) is 13.8 Å². The molecule has 0 saturated carbocycles. The zero-order valence-electron chi connectivity index (χ0n) is 11.8. The minimum Gasteiger partial charge on any atom is -0.398 e. The topological polar surface area (TPSA) is 72.9 Å². The number of benzene rings is 1. The Labute approximate surface area is 122 Å². The van der Waals surface area contributed by atoms with Gasteiger partial charge in [-0.1, -0.05) is 17.8 Å². The highest BCUT2D eigenvalue weighted by molar-refractivity contribution is 7.99. The number of nitrogens with two attached hydrogens (primary N) is 1. The zero-order chi connectivity index (χ0) is 14.7. The van der Waals surface area contributed by atoms with Crippen molar-refractivity contribution in [1.82, 2.24) is 9.78 Å². The minimum atomic E-state index is -0.0532. The van der Waals surface area contributed by atoms with Crippen LogP contribution in [0.1, 0.15) is 11.3 Å². The lowest BCUT2D eigenvalue weighted by Gasteiger charge is -2.09. The third-order valence-corrected chi connectivity index (χ3v) is 4.04. The number of nitrogens with zero attached hydrogens (tertiary/aromatic N) is 2. The molecule has 5 nitrogen and oxygen atoms in total. The number of carbonyl (C=O) groups excluding carboxylic acids is 1. The highest BCUT2D eigenvalue weighted by Crippen LogP contribution is 2.22. The van der Waals surface area contributed by atoms with Gasteiger partial charge in [-0.15, -0.1) is 0 Å². The van der Waals surface area contributed by atoms with Gasteiger partial charge in [0, 0.05) is 18.4 Å². The van der Waals surface area contributed by atoms with E-state index in [1.54, 1.807) is 4.68 Å². The van der Waals surface area contributed by atoms with Crippen LogP contribution in [-0.4, -0.2) is 21.4 Å². The molecule has 0 unspecified atom stereocenters. The smallest absolute Gasteiger partial charge is 0.234 e. The van der Waals surface area contributed by atoms with Crippen molar-refractivity contribution in [3.63, 3.8) is 0 Å². The molecule has 1 amide bonds. The number of aromatic nitrogens is 2. The fourth-order valence-corrected chi connectivity index (χ4v) is 2.67. The summed E-state index contributed by atoms with van der Waals surface area (Å²) in [5, 5.41) is 8.10. The quantitative estimate of drug-likeness (QED) is 0.669. The molecular formula is C14H18N4OS. The number of carbonyl (C=O) groups is 1. The molecule has 0 radical (unpaired) electrons. The van der Waals surface area contributed by atoms with Gasteiger partial charge in [-0.25, -0.2) is 0 Å². The molecule has 1 aromatic heterocycles. The van der Waals surface area contributed by atoms with E-state index in [2.05, 4.69) is 10.4 Å². The van der Waals surface area contributed by atoms with Gasteiger partial charge >= 0.3 is 0 Å². The molecular weight excluding hydrogens is 272 g/mol. The lowest BCUT2D eigenvalue weighted by atomic mass is 10.1. The van der Waals surface area contributed by atoms with Crippen LogP contribution in [0.25, 0.3) is 0 Å². The molecule has 0 aliphatic heterocycles. The molecule has 0 saturated heterocycles. The fraction of sp³-hybridized carbons (Fsp3) is 0.286. The lowest BCUT2D eigenvalue weighted by molar-refractivity contribution is -0.113. The number of aryl methyl sites for hydroxylation is 2. The van der Waals surface area contributed by atoms with E-state index in [-0.39, 0.29) is 5.91 Å². The number of nitrogen functional groups attached to an aromatic ring is 1. The van der Waals surface area contributed by atoms with E-state index in [1.165, 1.54) is 11.8 Å². The molecule has 1 aromatic carbocycles. The summed E-state index contributed by atoms with van der Waals surface area (Å²) in [6, 6.07) is 7.46. The van der Waals surface area contributed by atoms with Crippen LogP contribution in [0.3, 0.4) is 0 Å². The predicted molar refractivity (Wildman–Crippen MR) is 82.9 cm³/mol. The van der Waals surface area contributed by atoms with Crippen molar-refractivity contribution in [2.75, 3.05) is 16.8 Å². The summed E-state index contributed by atoms with van der Waals surface area (Å²) in [6.07, 6.45) is 0. The van der Waals surface area contributed by atoms with E-state index in [0.717, 1.165) is 22.0 Å². The molecule has 0 bridgehead atoms. The maximum atomic E-state index is 12.0. The number of anilines is 2. The van der Waals surface area contributed by atoms with Crippen molar-refractivity contribution >= 4 is 29.0 Å². The van der Waals surface area contributed by atoms with Gasteiger partial charge in [0.1, 0.15) is 0 Å². The second-order valence-electron chi connectivity index (χ2n) is 4.60. The van der Waals surface area contributed by atoms with E-state index in [4.69, 9.17) is 5.73 Å². The van der Waals surface area contributed by atoms with Gasteiger partial charge < -0.3 is 11.1 Å². The first kappa shape index (κ1) is 14.5. The summed E-state index contributed by atoms with van der Waals surface area (Å²) in [4.78, 5) is 12.0. The van der Waals surface area contributed by atoms with Gasteiger partial charge in [0.2, 0.25) is 5.91 Å². The largest absolute Gasteiger partial charge is 0.398 e. The van der Waals surface area contributed by atoms with Gasteiger partial charge in [-0.05, 0) is 37.6 Å². The average Bonchev–Trinajstić information content (AvgIpc) is 2.71. The Kier molecular flexibility index (Phi) is 4.34. The monoisotopic (exact) mass is 290 g/mol. The third kappa shape index (κ3) is 3.33. The first-order chi connectivity index (χ1) is 9.47. The summed E-state index contributed by atoms with van der Waals surface area (Å²) in [6.45, 7) is 3.82. The molecule has 3 N–H and O–H groups in total. The Balaban J connectivity index is 1.96. The molecule has 2 aromatic rings. The Hall–Kier alpha value is -1.95. The van der Waals surface area contributed by atoms with Crippen LogP contribution in [0.2, 0.25) is 0 Å². The molecule has 106 valence electrons. The van der Waals surface area contributed by atoms with Gasteiger partial charge in [0.05, 0.1) is 16.5 Å². The molecule has 0 atom stereocenters. The summed E-state index contributed by atoms with van der Waals surface area (Å²) >= 11 is 1.46. The van der Waals surface area contributed by atoms with Gasteiger partial charge in [0.25, 0.3) is 0 Å². The number of thioether (sulfide) groups is 1. The van der Waals surface area contributed by atoms with E-state index in [9.17, 15) is 4.79 Å². The second-order valence-corrected chi connectivity index (χ2v) is 5.60. The first-order valence-corrected chi connectivity index (χ1v) is 7.24. The molecule has 20 heavy (non-hydrogen) atoms. The van der Waals surface area contributed by atoms with Crippen LogP contribution in [0.4, 0.5) is 11.4 Å². The Morgan fingerprint density at radius 3 is 2.85 bits per heavy atom. The predicted octanol–water partition coefficient (Wildman–Crippen LogP) is 2.35. The van der Waals surface area contributed by atoms with Crippen molar-refractivity contribution in [3.8, 4) is 0 Å². The summed E-state index contributed by atoms with van der Waals surface area (Å²) < 4.78 is 1.78. The summed E-state index contributed by atoms with van der Waals surface area (Å²) in [7, 11) is 1.87. The van der Waals surface area contributed by atoms with Crippen LogP contribution >= 0.6 is 11.8 Å². The zero-order valence-corrected chi connectivity index (χ0v) is 12.6. The lowest BCUT2D eigenvalue weighted by Crippen LogP contribution is -2.15. The fourth-order valence-electron chi connectivity index (χ4n) is 1.84. The number of rotatable bonds is 4. The molecule has 6 heteroatoms. The third-order valence-electron chi connectivity index (χ3n) is 2.96. The Morgan fingerprint density at radius 2 is 2.20 bits per heavy atom. The molecule has 1 heterocycles. The van der Waals surface area contributed by atoms with Crippen LogP contribution in [0.5, 0.6) is 0 Å². The second kappa shape index (κ2) is 6.00. The van der Waals surface area contributed by atoms with Crippen LogP contribution in [-0.2, 0) is 11.8 Å². The van der Waals surface area contributed by atoms with Crippen molar-refractivity contribution < 1.29 is 4.79 Å². The van der Waals surface area contributed by atoms with E-state index in [0.29, 0.717) is 11.4 Å². The van der Waals surface area contributed by atoms with Gasteiger partial charge in [-0.2, -0.15) is 5.10 Å². The number of nitrogens with one attached hydrogen (secondary N) is 1. The van der Waals surface area contributed by atoms with Gasteiger partial charge in [0.15, 0.2) is 0 Å². The van der Waals surface area contributed by atoms with Crippen molar-refractivity contribution in [2.45, 2.75) is 18.9 Å². The molecule has 0 aliphatic carbocycles. The Morgan fingerprint density at radius 1 is 1.45 bits per heavy atom. The standard InChI is InChI=1S/C14H18N4OS/c1-9-7-14(18(3)17-9)20-8-13(19)16-12-6-4-5-11(15)10(12)2/h4-7H,8,15H2,1-3H3,(H,16,19). The van der Waals surface area contributed by atoms with E-state index >= 15 is 0 Å². The number of hydrogen-bond acceptors (Lipinski definition) is 4. The normalized spacial score (nSPS) is 10.6. The van der Waals surface area contributed by atoms with Crippen molar-refractivity contribution in [2.24, 2.45) is 7.05 Å². The minimum absolute atomic E-state index is 0.0532. The Bertz CT molecular complexity index is 636. The van der Waals surface area contributed by atoms with Gasteiger partial charge in [-0.3, -0.25) is 9.48 Å². The molecule has 0 spiro atoms. The van der Waals surface area contributed by atoms with Crippen LogP contribution < -0.4 is 11.1 Å². The highest BCUT2D eigenvalue weighted by Gasteiger charge is 2.09. The molecule has 2 rings (SSSR count). The molecule has 0 aliphatic rings. The van der Waals surface area contributed by atoms with Crippen molar-refractivity contribution in [1.29, 1.82) is 0 Å². The number of hydrogen-bond donors (Lipinski definition) is 2. The van der Waals surface area contributed by atoms with Crippen molar-refractivity contribution in [3.05, 3.63) is 35.5 Å². The molecule has 0 fully saturated rings. The maximum absolute atomic E-state index is 12.0. The van der Waals surface area contributed by atoms with Crippen LogP contribution in [0.15, 0.2) is 29.3 Å². The summed E-state index contributed by atoms with van der Waals surface area (Å²) in [5.41, 5.74) is 9.09. The maximum Gasteiger partial charge on any atom is 0.234 e. The SMILES string of the molecule is Cc1cc(SCC(=O)Nc2cccc(N)c2C)n(C)n1. The average molecular weight is 290 g/mol.